The van der Waals surface area contributed by atoms with Crippen molar-refractivity contribution in [1.82, 2.24) is 4.90 Å². The Morgan fingerprint density at radius 2 is 1.71 bits per heavy atom. The maximum atomic E-state index is 5.76. The van der Waals surface area contributed by atoms with Gasteiger partial charge in [-0.25, -0.2) is 0 Å². The van der Waals surface area contributed by atoms with Gasteiger partial charge in [-0.1, -0.05) is 42.5 Å². The molecule has 1 radical (unpaired) electrons. The predicted molar refractivity (Wildman–Crippen MR) is 85.6 cm³/mol. The molecular formula is C19H22NO. The van der Waals surface area contributed by atoms with Crippen LogP contribution in [0, 0.1) is 6.07 Å². The summed E-state index contributed by atoms with van der Waals surface area (Å²) in [4.78, 5) is 2.51. The predicted octanol–water partition coefficient (Wildman–Crippen LogP) is 3.75. The lowest BCUT2D eigenvalue weighted by Gasteiger charge is -2.32. The van der Waals surface area contributed by atoms with Crippen molar-refractivity contribution in [2.24, 2.45) is 0 Å². The van der Waals surface area contributed by atoms with Crippen LogP contribution in [-0.2, 0) is 0 Å². The van der Waals surface area contributed by atoms with E-state index in [1.807, 2.05) is 24.3 Å². The Kier molecular flexibility index (Phi) is 4.90. The van der Waals surface area contributed by atoms with Crippen LogP contribution < -0.4 is 4.74 Å². The first kappa shape index (κ1) is 14.2. The van der Waals surface area contributed by atoms with Gasteiger partial charge in [0, 0.05) is 6.54 Å². The van der Waals surface area contributed by atoms with E-state index in [1.165, 1.54) is 31.5 Å². The van der Waals surface area contributed by atoms with Gasteiger partial charge in [-0.15, -0.1) is 0 Å². The van der Waals surface area contributed by atoms with E-state index in [0.29, 0.717) is 0 Å². The molecule has 0 aliphatic carbocycles. The van der Waals surface area contributed by atoms with E-state index in [0.717, 1.165) is 24.8 Å². The second-order valence-corrected chi connectivity index (χ2v) is 5.61. The van der Waals surface area contributed by atoms with Crippen molar-refractivity contribution < 1.29 is 4.74 Å². The molecule has 0 amide bonds. The molecule has 0 spiro atoms. The third-order valence-corrected chi connectivity index (χ3v) is 4.22. The van der Waals surface area contributed by atoms with Crippen molar-refractivity contribution in [3.8, 4) is 5.75 Å². The monoisotopic (exact) mass is 280 g/mol. The zero-order valence-electron chi connectivity index (χ0n) is 12.4. The van der Waals surface area contributed by atoms with E-state index < -0.39 is 0 Å². The van der Waals surface area contributed by atoms with Gasteiger partial charge in [-0.2, -0.15) is 0 Å². The number of ether oxygens (including phenoxy) is 1. The fourth-order valence-electron chi connectivity index (χ4n) is 2.98. The molecule has 1 aliphatic rings. The number of hydrogen-bond donors (Lipinski definition) is 0. The molecule has 2 heteroatoms. The Balaban J connectivity index is 1.40. The standard InChI is InChI=1S/C19H22NO/c1-3-7-17(8-4-1)18-11-13-20(14-12-18)15-16-21-19-9-5-2-6-10-19/h1,3-10,18H,11-16H2. The lowest BCUT2D eigenvalue weighted by Crippen LogP contribution is -2.35. The van der Waals surface area contributed by atoms with Crippen molar-refractivity contribution >= 4 is 0 Å². The highest BCUT2D eigenvalue weighted by Crippen LogP contribution is 2.27. The third kappa shape index (κ3) is 4.08. The molecule has 1 saturated heterocycles. The zero-order chi connectivity index (χ0) is 14.3. The van der Waals surface area contributed by atoms with Crippen LogP contribution >= 0.6 is 0 Å². The first-order valence-corrected chi connectivity index (χ1v) is 7.78. The molecule has 2 nitrogen and oxygen atoms in total. The van der Waals surface area contributed by atoms with E-state index in [-0.39, 0.29) is 0 Å². The normalized spacial score (nSPS) is 16.8. The minimum absolute atomic E-state index is 0.730. The molecule has 1 fully saturated rings. The van der Waals surface area contributed by atoms with E-state index >= 15 is 0 Å². The van der Waals surface area contributed by atoms with E-state index in [9.17, 15) is 0 Å². The van der Waals surface area contributed by atoms with Crippen LogP contribution in [0.4, 0.5) is 0 Å². The Bertz CT molecular complexity index is 515. The average molecular weight is 280 g/mol. The highest BCUT2D eigenvalue weighted by molar-refractivity contribution is 5.21. The second kappa shape index (κ2) is 7.28. The largest absolute Gasteiger partial charge is 0.492 e. The lowest BCUT2D eigenvalue weighted by atomic mass is 9.89. The van der Waals surface area contributed by atoms with Gasteiger partial charge in [0.05, 0.1) is 0 Å². The zero-order valence-corrected chi connectivity index (χ0v) is 12.4. The summed E-state index contributed by atoms with van der Waals surface area (Å²) in [5.41, 5.74) is 1.49. The topological polar surface area (TPSA) is 12.5 Å². The summed E-state index contributed by atoms with van der Waals surface area (Å²) >= 11 is 0. The molecule has 3 rings (SSSR count). The highest BCUT2D eigenvalue weighted by atomic mass is 16.5. The van der Waals surface area contributed by atoms with Gasteiger partial charge in [-0.05, 0) is 55.6 Å². The number of rotatable bonds is 5. The Morgan fingerprint density at radius 1 is 1.00 bits per heavy atom. The Morgan fingerprint density at radius 3 is 2.43 bits per heavy atom. The SMILES string of the molecule is [c]1ccc(OCCN2CCC(c3ccccc3)CC2)cc1. The smallest absolute Gasteiger partial charge is 0.119 e. The minimum atomic E-state index is 0.730. The van der Waals surface area contributed by atoms with E-state index in [4.69, 9.17) is 4.74 Å². The summed E-state index contributed by atoms with van der Waals surface area (Å²) in [7, 11) is 0. The fourth-order valence-corrected chi connectivity index (χ4v) is 2.98. The van der Waals surface area contributed by atoms with Crippen LogP contribution in [0.3, 0.4) is 0 Å². The van der Waals surface area contributed by atoms with Gasteiger partial charge in [0.25, 0.3) is 0 Å². The quantitative estimate of drug-likeness (QED) is 0.827. The van der Waals surface area contributed by atoms with Crippen molar-refractivity contribution in [2.75, 3.05) is 26.2 Å². The molecule has 0 aromatic heterocycles. The Labute approximate surface area is 127 Å². The van der Waals surface area contributed by atoms with Gasteiger partial charge in [0.1, 0.15) is 12.4 Å². The third-order valence-electron chi connectivity index (χ3n) is 4.22. The summed E-state index contributed by atoms with van der Waals surface area (Å²) < 4.78 is 5.76. The number of likely N-dealkylation sites (tertiary alicyclic amines) is 1. The molecule has 0 unspecified atom stereocenters. The van der Waals surface area contributed by atoms with Crippen LogP contribution in [0.2, 0.25) is 0 Å². The molecule has 0 atom stereocenters. The summed E-state index contributed by atoms with van der Waals surface area (Å²) in [5, 5.41) is 0. The number of nitrogens with zero attached hydrogens (tertiary/aromatic N) is 1. The summed E-state index contributed by atoms with van der Waals surface area (Å²) in [5.74, 6) is 1.67. The van der Waals surface area contributed by atoms with Gasteiger partial charge < -0.3 is 4.74 Å². The molecule has 0 saturated carbocycles. The first-order valence-electron chi connectivity index (χ1n) is 7.78. The van der Waals surface area contributed by atoms with E-state index in [2.05, 4.69) is 41.3 Å². The van der Waals surface area contributed by atoms with Crippen molar-refractivity contribution in [1.29, 1.82) is 0 Å². The number of piperidine rings is 1. The maximum absolute atomic E-state index is 5.76. The first-order chi connectivity index (χ1) is 10.4. The number of benzene rings is 2. The summed E-state index contributed by atoms with van der Waals surface area (Å²) in [6, 6.07) is 21.6. The van der Waals surface area contributed by atoms with Crippen LogP contribution in [0.1, 0.15) is 24.3 Å². The molecule has 2 aromatic rings. The molecule has 1 heterocycles. The second-order valence-electron chi connectivity index (χ2n) is 5.61. The van der Waals surface area contributed by atoms with Crippen molar-refractivity contribution in [2.45, 2.75) is 18.8 Å². The molecule has 109 valence electrons. The van der Waals surface area contributed by atoms with Crippen LogP contribution in [0.5, 0.6) is 5.75 Å². The van der Waals surface area contributed by atoms with Crippen molar-refractivity contribution in [3.63, 3.8) is 0 Å². The van der Waals surface area contributed by atoms with E-state index in [1.54, 1.807) is 0 Å². The minimum Gasteiger partial charge on any atom is -0.492 e. The van der Waals surface area contributed by atoms with Gasteiger partial charge in [0.2, 0.25) is 0 Å². The van der Waals surface area contributed by atoms with Crippen LogP contribution in [0.15, 0.2) is 54.6 Å². The van der Waals surface area contributed by atoms with Crippen LogP contribution in [0.25, 0.3) is 0 Å². The van der Waals surface area contributed by atoms with Crippen molar-refractivity contribution in [3.05, 3.63) is 66.2 Å². The molecule has 1 aliphatic heterocycles. The summed E-state index contributed by atoms with van der Waals surface area (Å²) in [6.07, 6.45) is 2.51. The van der Waals surface area contributed by atoms with Gasteiger partial charge >= 0.3 is 0 Å². The lowest BCUT2D eigenvalue weighted by molar-refractivity contribution is 0.173. The van der Waals surface area contributed by atoms with Gasteiger partial charge in [-0.3, -0.25) is 4.90 Å². The summed E-state index contributed by atoms with van der Waals surface area (Å²) in [6.45, 7) is 4.12. The fraction of sp³-hybridized carbons (Fsp3) is 0.368. The maximum Gasteiger partial charge on any atom is 0.119 e. The molecule has 2 aromatic carbocycles. The molecule has 0 bridgehead atoms. The molecule has 21 heavy (non-hydrogen) atoms. The Hall–Kier alpha value is -1.80. The number of hydrogen-bond acceptors (Lipinski definition) is 2. The van der Waals surface area contributed by atoms with Crippen LogP contribution in [-0.4, -0.2) is 31.1 Å². The highest BCUT2D eigenvalue weighted by Gasteiger charge is 2.19. The molecular weight excluding hydrogens is 258 g/mol. The molecule has 0 N–H and O–H groups in total. The average Bonchev–Trinajstić information content (AvgIpc) is 2.57. The van der Waals surface area contributed by atoms with Gasteiger partial charge in [0.15, 0.2) is 0 Å².